The maximum absolute atomic E-state index is 12.2. The van der Waals surface area contributed by atoms with Crippen molar-refractivity contribution in [3.63, 3.8) is 0 Å². The van der Waals surface area contributed by atoms with Gasteiger partial charge in [-0.2, -0.15) is 0 Å². The third kappa shape index (κ3) is 3.45. The van der Waals surface area contributed by atoms with E-state index in [9.17, 15) is 9.59 Å². The molecule has 0 aliphatic rings. The van der Waals surface area contributed by atoms with Gasteiger partial charge in [0.1, 0.15) is 5.69 Å². The summed E-state index contributed by atoms with van der Waals surface area (Å²) in [6.45, 7) is 4.09. The Bertz CT molecular complexity index is 658. The lowest BCUT2D eigenvalue weighted by Gasteiger charge is -2.10. The molecule has 0 atom stereocenters. The molecule has 0 radical (unpaired) electrons. The Kier molecular flexibility index (Phi) is 4.33. The Morgan fingerprint density at radius 2 is 1.81 bits per heavy atom. The fourth-order valence-corrected chi connectivity index (χ4v) is 2.10. The van der Waals surface area contributed by atoms with Gasteiger partial charge < -0.3 is 10.4 Å². The molecule has 2 rings (SSSR count). The zero-order chi connectivity index (χ0) is 15.4. The molecule has 1 amide bonds. The number of carboxylic acids is 1. The maximum atomic E-state index is 12.2. The summed E-state index contributed by atoms with van der Waals surface area (Å²) >= 11 is 0. The van der Waals surface area contributed by atoms with Crippen LogP contribution in [0.4, 0.5) is 0 Å². The standard InChI is InChI=1S/C16H16N2O3/c1-10-4-3-5-11(2)14(10)15(19)18-9-12-6-7-13(16(20)21)17-8-12/h3-8H,9H2,1-2H3,(H,18,19)(H,20,21). The molecule has 2 N–H and O–H groups in total. The van der Waals surface area contributed by atoms with E-state index in [0.29, 0.717) is 12.1 Å². The van der Waals surface area contributed by atoms with Crippen molar-refractivity contribution in [3.05, 3.63) is 64.5 Å². The molecule has 0 fully saturated rings. The molecule has 1 heterocycles. The largest absolute Gasteiger partial charge is 0.477 e. The number of hydrogen-bond acceptors (Lipinski definition) is 3. The van der Waals surface area contributed by atoms with Crippen molar-refractivity contribution in [2.24, 2.45) is 0 Å². The summed E-state index contributed by atoms with van der Waals surface area (Å²) in [6, 6.07) is 8.76. The molecule has 1 aromatic carbocycles. The minimum absolute atomic E-state index is 0.0141. The number of carbonyl (C=O) groups excluding carboxylic acids is 1. The lowest BCUT2D eigenvalue weighted by Crippen LogP contribution is -2.24. The topological polar surface area (TPSA) is 79.3 Å². The number of amides is 1. The third-order valence-corrected chi connectivity index (χ3v) is 3.21. The summed E-state index contributed by atoms with van der Waals surface area (Å²) in [5, 5.41) is 11.6. The molecule has 0 spiro atoms. The van der Waals surface area contributed by atoms with E-state index in [2.05, 4.69) is 10.3 Å². The van der Waals surface area contributed by atoms with Crippen molar-refractivity contribution in [3.8, 4) is 0 Å². The minimum atomic E-state index is -1.07. The highest BCUT2D eigenvalue weighted by molar-refractivity contribution is 5.97. The van der Waals surface area contributed by atoms with Crippen LogP contribution < -0.4 is 5.32 Å². The normalized spacial score (nSPS) is 10.2. The van der Waals surface area contributed by atoms with Crippen LogP contribution in [-0.2, 0) is 6.54 Å². The maximum Gasteiger partial charge on any atom is 0.354 e. The number of benzene rings is 1. The molecule has 0 unspecified atom stereocenters. The third-order valence-electron chi connectivity index (χ3n) is 3.21. The number of aryl methyl sites for hydroxylation is 2. The van der Waals surface area contributed by atoms with Gasteiger partial charge in [0.2, 0.25) is 0 Å². The number of aromatic nitrogens is 1. The monoisotopic (exact) mass is 284 g/mol. The van der Waals surface area contributed by atoms with Gasteiger partial charge in [0, 0.05) is 18.3 Å². The van der Waals surface area contributed by atoms with Crippen LogP contribution in [0.3, 0.4) is 0 Å². The van der Waals surface area contributed by atoms with E-state index in [1.165, 1.54) is 12.3 Å². The molecule has 0 aliphatic heterocycles. The molecule has 0 saturated heterocycles. The molecule has 2 aromatic rings. The summed E-state index contributed by atoms with van der Waals surface area (Å²) < 4.78 is 0. The number of rotatable bonds is 4. The second-order valence-electron chi connectivity index (χ2n) is 4.81. The number of pyridine rings is 1. The first kappa shape index (κ1) is 14.7. The van der Waals surface area contributed by atoms with Crippen molar-refractivity contribution in [1.29, 1.82) is 0 Å². The predicted octanol–water partition coefficient (Wildman–Crippen LogP) is 2.33. The average molecular weight is 284 g/mol. The summed E-state index contributed by atoms with van der Waals surface area (Å²) in [7, 11) is 0. The van der Waals surface area contributed by atoms with Crippen LogP contribution in [-0.4, -0.2) is 22.0 Å². The lowest BCUT2D eigenvalue weighted by atomic mass is 10.0. The van der Waals surface area contributed by atoms with E-state index in [0.717, 1.165) is 16.7 Å². The molecule has 21 heavy (non-hydrogen) atoms. The number of aromatic carboxylic acids is 1. The van der Waals surface area contributed by atoms with Gasteiger partial charge in [-0.1, -0.05) is 24.3 Å². The quantitative estimate of drug-likeness (QED) is 0.903. The van der Waals surface area contributed by atoms with Gasteiger partial charge in [-0.05, 0) is 36.6 Å². The predicted molar refractivity (Wildman–Crippen MR) is 78.3 cm³/mol. The summed E-state index contributed by atoms with van der Waals surface area (Å²) in [4.78, 5) is 26.7. The Morgan fingerprint density at radius 1 is 1.14 bits per heavy atom. The van der Waals surface area contributed by atoms with Crippen LogP contribution >= 0.6 is 0 Å². The van der Waals surface area contributed by atoms with Crippen LogP contribution in [0.5, 0.6) is 0 Å². The van der Waals surface area contributed by atoms with Crippen molar-refractivity contribution in [1.82, 2.24) is 10.3 Å². The number of carbonyl (C=O) groups is 2. The van der Waals surface area contributed by atoms with E-state index in [4.69, 9.17) is 5.11 Å². The van der Waals surface area contributed by atoms with Crippen LogP contribution in [0.15, 0.2) is 36.5 Å². The van der Waals surface area contributed by atoms with Crippen LogP contribution in [0.1, 0.15) is 37.5 Å². The summed E-state index contributed by atoms with van der Waals surface area (Å²) in [5.41, 5.74) is 3.26. The molecule has 5 nitrogen and oxygen atoms in total. The van der Waals surface area contributed by atoms with E-state index >= 15 is 0 Å². The van der Waals surface area contributed by atoms with Crippen LogP contribution in [0, 0.1) is 13.8 Å². The van der Waals surface area contributed by atoms with Crippen molar-refractivity contribution < 1.29 is 14.7 Å². The SMILES string of the molecule is Cc1cccc(C)c1C(=O)NCc1ccc(C(=O)O)nc1. The fraction of sp³-hybridized carbons (Fsp3) is 0.188. The van der Waals surface area contributed by atoms with Gasteiger partial charge in [0.25, 0.3) is 5.91 Å². The second-order valence-corrected chi connectivity index (χ2v) is 4.81. The zero-order valence-electron chi connectivity index (χ0n) is 11.9. The van der Waals surface area contributed by atoms with Gasteiger partial charge in [0.15, 0.2) is 0 Å². The number of hydrogen-bond donors (Lipinski definition) is 2. The average Bonchev–Trinajstić information content (AvgIpc) is 2.45. The highest BCUT2D eigenvalue weighted by atomic mass is 16.4. The van der Waals surface area contributed by atoms with Gasteiger partial charge >= 0.3 is 5.97 Å². The minimum Gasteiger partial charge on any atom is -0.477 e. The van der Waals surface area contributed by atoms with Crippen molar-refractivity contribution in [2.45, 2.75) is 20.4 Å². The van der Waals surface area contributed by atoms with Gasteiger partial charge in [-0.25, -0.2) is 9.78 Å². The highest BCUT2D eigenvalue weighted by Gasteiger charge is 2.11. The number of nitrogens with zero attached hydrogens (tertiary/aromatic N) is 1. The van der Waals surface area contributed by atoms with Crippen LogP contribution in [0.2, 0.25) is 0 Å². The highest BCUT2D eigenvalue weighted by Crippen LogP contribution is 2.13. The molecule has 0 bridgehead atoms. The summed E-state index contributed by atoms with van der Waals surface area (Å²) in [5.74, 6) is -1.21. The Balaban J connectivity index is 2.06. The molecule has 0 saturated carbocycles. The second kappa shape index (κ2) is 6.17. The molecule has 108 valence electrons. The first-order valence-electron chi connectivity index (χ1n) is 6.51. The lowest BCUT2D eigenvalue weighted by molar-refractivity contribution is 0.0690. The van der Waals surface area contributed by atoms with Gasteiger partial charge in [-0.15, -0.1) is 0 Å². The van der Waals surface area contributed by atoms with E-state index in [1.807, 2.05) is 32.0 Å². The van der Waals surface area contributed by atoms with E-state index in [1.54, 1.807) is 6.07 Å². The fourth-order valence-electron chi connectivity index (χ4n) is 2.10. The number of nitrogens with one attached hydrogen (secondary N) is 1. The molecule has 0 aliphatic carbocycles. The van der Waals surface area contributed by atoms with Gasteiger partial charge in [0.05, 0.1) is 0 Å². The van der Waals surface area contributed by atoms with Gasteiger partial charge in [-0.3, -0.25) is 4.79 Å². The molecule has 1 aromatic heterocycles. The molecule has 5 heteroatoms. The van der Waals surface area contributed by atoms with Crippen molar-refractivity contribution in [2.75, 3.05) is 0 Å². The smallest absolute Gasteiger partial charge is 0.354 e. The zero-order valence-corrected chi connectivity index (χ0v) is 11.9. The molecular weight excluding hydrogens is 268 g/mol. The molecular formula is C16H16N2O3. The Hall–Kier alpha value is -2.69. The summed E-state index contributed by atoms with van der Waals surface area (Å²) in [6.07, 6.45) is 1.45. The Morgan fingerprint density at radius 3 is 2.33 bits per heavy atom. The first-order valence-corrected chi connectivity index (χ1v) is 6.51. The Labute approximate surface area is 122 Å². The van der Waals surface area contributed by atoms with E-state index < -0.39 is 5.97 Å². The number of carboxylic acid groups (broad SMARTS) is 1. The van der Waals surface area contributed by atoms with Crippen molar-refractivity contribution >= 4 is 11.9 Å². The van der Waals surface area contributed by atoms with Crippen LogP contribution in [0.25, 0.3) is 0 Å². The first-order chi connectivity index (χ1) is 9.99. The van der Waals surface area contributed by atoms with E-state index in [-0.39, 0.29) is 11.6 Å².